The largest absolute Gasteiger partial charge is 0.459 e. The number of hydrogen-bond acceptors (Lipinski definition) is 6. The van der Waals surface area contributed by atoms with Crippen molar-refractivity contribution in [2.75, 3.05) is 57.4 Å². The number of ether oxygens (including phenoxy) is 2. The first kappa shape index (κ1) is 28.6. The maximum Gasteiger partial charge on any atom is 0.229 e. The summed E-state index contributed by atoms with van der Waals surface area (Å²) >= 11 is 0. The number of rotatable bonds is 12. The van der Waals surface area contributed by atoms with Gasteiger partial charge < -0.3 is 19.3 Å². The highest BCUT2D eigenvalue weighted by Crippen LogP contribution is 2.55. The second-order valence-electron chi connectivity index (χ2n) is 11.4. The third-order valence-electron chi connectivity index (χ3n) is 9.04. The van der Waals surface area contributed by atoms with Gasteiger partial charge in [0.05, 0.1) is 24.8 Å². The van der Waals surface area contributed by atoms with Crippen LogP contribution in [0, 0.1) is 0 Å². The minimum atomic E-state index is -0.758. The zero-order valence-corrected chi connectivity index (χ0v) is 25.2. The van der Waals surface area contributed by atoms with Crippen LogP contribution in [0.4, 0.5) is 11.4 Å². The van der Waals surface area contributed by atoms with Crippen LogP contribution >= 0.6 is 0 Å². The molecule has 0 aromatic heterocycles. The molecule has 5 rings (SSSR count). The average Bonchev–Trinajstić information content (AvgIpc) is 3.16. The van der Waals surface area contributed by atoms with Crippen molar-refractivity contribution in [3.63, 3.8) is 0 Å². The van der Waals surface area contributed by atoms with Gasteiger partial charge in [-0.25, -0.2) is 0 Å². The summed E-state index contributed by atoms with van der Waals surface area (Å²) in [5.41, 5.74) is 3.51. The summed E-state index contributed by atoms with van der Waals surface area (Å²) in [5.74, 6) is 0.904. The SMILES string of the molecule is CCN(CC)CCOCCN1c2ccccc2C(C)(C)C12C=Nc1c(c(CN(CC)CC)cc3ccccc13)O2. The predicted molar refractivity (Wildman–Crippen MR) is 168 cm³/mol. The fourth-order valence-electron chi connectivity index (χ4n) is 6.39. The van der Waals surface area contributed by atoms with E-state index in [9.17, 15) is 0 Å². The van der Waals surface area contributed by atoms with Crippen molar-refractivity contribution in [2.24, 2.45) is 4.99 Å². The summed E-state index contributed by atoms with van der Waals surface area (Å²) in [6, 6.07) is 19.5. The maximum absolute atomic E-state index is 7.34. The van der Waals surface area contributed by atoms with Crippen molar-refractivity contribution >= 4 is 28.4 Å². The molecule has 2 heterocycles. The van der Waals surface area contributed by atoms with E-state index in [1.807, 2.05) is 0 Å². The number of aliphatic imine (C=N–C) groups is 1. The fourth-order valence-corrected chi connectivity index (χ4v) is 6.39. The number of anilines is 1. The van der Waals surface area contributed by atoms with Crippen LogP contribution in [0.1, 0.15) is 52.7 Å². The molecule has 214 valence electrons. The molecular weight excluding hydrogens is 496 g/mol. The normalized spacial score (nSPS) is 19.1. The first-order valence-corrected chi connectivity index (χ1v) is 15.1. The van der Waals surface area contributed by atoms with Gasteiger partial charge in [0.2, 0.25) is 5.72 Å². The Balaban J connectivity index is 1.53. The van der Waals surface area contributed by atoms with E-state index in [0.29, 0.717) is 6.61 Å². The lowest BCUT2D eigenvalue weighted by Crippen LogP contribution is -2.63. The molecule has 2 aliphatic rings. The molecule has 2 aliphatic heterocycles. The van der Waals surface area contributed by atoms with Crippen LogP contribution < -0.4 is 9.64 Å². The van der Waals surface area contributed by atoms with E-state index < -0.39 is 5.72 Å². The Bertz CT molecular complexity index is 1350. The number of benzene rings is 3. The third kappa shape index (κ3) is 4.91. The van der Waals surface area contributed by atoms with Gasteiger partial charge in [0, 0.05) is 36.3 Å². The van der Waals surface area contributed by atoms with E-state index in [4.69, 9.17) is 14.5 Å². The molecule has 0 fully saturated rings. The minimum Gasteiger partial charge on any atom is -0.459 e. The van der Waals surface area contributed by atoms with Crippen molar-refractivity contribution in [2.45, 2.75) is 59.2 Å². The summed E-state index contributed by atoms with van der Waals surface area (Å²) in [4.78, 5) is 12.5. The highest BCUT2D eigenvalue weighted by molar-refractivity contribution is 6.00. The number of nitrogens with zero attached hydrogens (tertiary/aromatic N) is 4. The van der Waals surface area contributed by atoms with Crippen molar-refractivity contribution in [3.8, 4) is 5.75 Å². The molecule has 0 amide bonds. The molecule has 0 aliphatic carbocycles. The van der Waals surface area contributed by atoms with Gasteiger partial charge >= 0.3 is 0 Å². The lowest BCUT2D eigenvalue weighted by molar-refractivity contribution is 0.0618. The van der Waals surface area contributed by atoms with Crippen LogP contribution in [0.25, 0.3) is 10.8 Å². The highest BCUT2D eigenvalue weighted by atomic mass is 16.5. The molecule has 0 saturated carbocycles. The van der Waals surface area contributed by atoms with E-state index in [1.165, 1.54) is 22.2 Å². The molecule has 6 heteroatoms. The van der Waals surface area contributed by atoms with E-state index in [-0.39, 0.29) is 5.41 Å². The fraction of sp³-hybridized carbons (Fsp3) is 0.500. The van der Waals surface area contributed by atoms with Gasteiger partial charge in [-0.05, 0) is 63.1 Å². The van der Waals surface area contributed by atoms with E-state index in [0.717, 1.165) is 69.2 Å². The number of fused-ring (bicyclic) bond motifs is 4. The van der Waals surface area contributed by atoms with Crippen LogP contribution in [0.3, 0.4) is 0 Å². The molecule has 0 N–H and O–H groups in total. The molecule has 0 bridgehead atoms. The van der Waals surface area contributed by atoms with Gasteiger partial charge in [0.1, 0.15) is 5.69 Å². The first-order valence-electron chi connectivity index (χ1n) is 15.1. The molecule has 6 nitrogen and oxygen atoms in total. The summed E-state index contributed by atoms with van der Waals surface area (Å²) in [6.45, 7) is 21.3. The molecule has 1 spiro atoms. The van der Waals surface area contributed by atoms with Gasteiger partial charge in [-0.3, -0.25) is 9.89 Å². The summed E-state index contributed by atoms with van der Waals surface area (Å²) in [7, 11) is 0. The molecule has 40 heavy (non-hydrogen) atoms. The lowest BCUT2D eigenvalue weighted by Gasteiger charge is -2.47. The summed E-state index contributed by atoms with van der Waals surface area (Å²) in [6.07, 6.45) is 2.07. The third-order valence-corrected chi connectivity index (χ3v) is 9.04. The monoisotopic (exact) mass is 542 g/mol. The van der Waals surface area contributed by atoms with Crippen molar-refractivity contribution in [3.05, 3.63) is 65.7 Å². The number of hydrogen-bond donors (Lipinski definition) is 0. The topological polar surface area (TPSA) is 40.5 Å². The van der Waals surface area contributed by atoms with Crippen LogP contribution in [0.2, 0.25) is 0 Å². The molecule has 3 aromatic carbocycles. The Labute approximate surface area is 240 Å². The van der Waals surface area contributed by atoms with Gasteiger partial charge in [0.25, 0.3) is 0 Å². The van der Waals surface area contributed by atoms with E-state index >= 15 is 0 Å². The van der Waals surface area contributed by atoms with Crippen LogP contribution in [-0.2, 0) is 16.7 Å². The molecule has 3 aromatic rings. The zero-order valence-electron chi connectivity index (χ0n) is 25.2. The second kappa shape index (κ2) is 11.9. The molecule has 0 saturated heterocycles. The average molecular weight is 543 g/mol. The van der Waals surface area contributed by atoms with Gasteiger partial charge in [-0.1, -0.05) is 70.2 Å². The van der Waals surface area contributed by atoms with Gasteiger partial charge in [0.15, 0.2) is 5.75 Å². The van der Waals surface area contributed by atoms with Crippen LogP contribution in [-0.4, -0.2) is 74.2 Å². The summed E-state index contributed by atoms with van der Waals surface area (Å²) < 4.78 is 13.5. The molecule has 0 radical (unpaired) electrons. The Morgan fingerprint density at radius 3 is 2.33 bits per heavy atom. The highest BCUT2D eigenvalue weighted by Gasteiger charge is 2.59. The Hall–Kier alpha value is -2.93. The van der Waals surface area contributed by atoms with E-state index in [2.05, 4.69) is 117 Å². The van der Waals surface area contributed by atoms with Crippen LogP contribution in [0.5, 0.6) is 5.75 Å². The predicted octanol–water partition coefficient (Wildman–Crippen LogP) is 6.63. The lowest BCUT2D eigenvalue weighted by atomic mass is 9.77. The quantitative estimate of drug-likeness (QED) is 0.240. The first-order chi connectivity index (χ1) is 19.4. The van der Waals surface area contributed by atoms with Crippen molar-refractivity contribution < 1.29 is 9.47 Å². The summed E-state index contributed by atoms with van der Waals surface area (Å²) in [5, 5.41) is 2.33. The number of likely N-dealkylation sites (N-methyl/N-ethyl adjacent to an activating group) is 1. The smallest absolute Gasteiger partial charge is 0.229 e. The zero-order chi connectivity index (χ0) is 28.3. The second-order valence-corrected chi connectivity index (χ2v) is 11.4. The minimum absolute atomic E-state index is 0.329. The van der Waals surface area contributed by atoms with Crippen LogP contribution in [0.15, 0.2) is 59.6 Å². The molecular formula is C34H46N4O2. The van der Waals surface area contributed by atoms with E-state index in [1.54, 1.807) is 0 Å². The van der Waals surface area contributed by atoms with Crippen molar-refractivity contribution in [1.29, 1.82) is 0 Å². The van der Waals surface area contributed by atoms with Gasteiger partial charge in [-0.2, -0.15) is 0 Å². The van der Waals surface area contributed by atoms with Crippen molar-refractivity contribution in [1.82, 2.24) is 9.80 Å². The Morgan fingerprint density at radius 2 is 1.57 bits per heavy atom. The molecule has 1 atom stereocenters. The Morgan fingerprint density at radius 1 is 0.875 bits per heavy atom. The standard InChI is InChI=1S/C34H46N4O2/c1-7-36(8-2)19-21-39-22-20-38-30-18-14-13-17-29(30)33(5,6)34(38)25-35-31-28-16-12-11-15-26(28)23-27(32(31)40-34)24-37(9-3)10-4/h11-18,23,25H,7-10,19-22,24H2,1-6H3. The Kier molecular flexibility index (Phi) is 8.50. The maximum atomic E-state index is 7.34. The molecule has 1 unspecified atom stereocenters. The number of para-hydroxylation sites is 1. The van der Waals surface area contributed by atoms with Gasteiger partial charge in [-0.15, -0.1) is 0 Å².